The van der Waals surface area contributed by atoms with Crippen molar-refractivity contribution in [2.45, 2.75) is 20.1 Å². The Morgan fingerprint density at radius 2 is 1.70 bits per heavy atom. The Balaban J connectivity index is 1.31. The molecule has 0 bridgehead atoms. The van der Waals surface area contributed by atoms with Gasteiger partial charge in [0, 0.05) is 50.4 Å². The summed E-state index contributed by atoms with van der Waals surface area (Å²) in [6.07, 6.45) is 0. The molecule has 3 aromatic carbocycles. The van der Waals surface area contributed by atoms with Crippen molar-refractivity contribution in [3.8, 4) is 5.75 Å². The molecule has 33 heavy (non-hydrogen) atoms. The van der Waals surface area contributed by atoms with E-state index in [1.807, 2.05) is 29.2 Å². The molecule has 0 unspecified atom stereocenters. The van der Waals surface area contributed by atoms with Crippen molar-refractivity contribution in [1.29, 1.82) is 0 Å². The lowest BCUT2D eigenvalue weighted by Gasteiger charge is -2.35. The van der Waals surface area contributed by atoms with Crippen LogP contribution in [0.1, 0.15) is 27.0 Å². The summed E-state index contributed by atoms with van der Waals surface area (Å²) < 4.78 is 5.73. The summed E-state index contributed by atoms with van der Waals surface area (Å²) >= 11 is 0. The summed E-state index contributed by atoms with van der Waals surface area (Å²) in [6, 6.07) is 21.8. The first-order valence-corrected chi connectivity index (χ1v) is 11.0. The Bertz CT molecular complexity index is 1120. The van der Waals surface area contributed by atoms with Crippen LogP contribution in [0.5, 0.6) is 5.75 Å². The zero-order chi connectivity index (χ0) is 23.2. The van der Waals surface area contributed by atoms with Gasteiger partial charge in [0.15, 0.2) is 0 Å². The van der Waals surface area contributed by atoms with Gasteiger partial charge in [-0.2, -0.15) is 0 Å². The molecule has 0 N–H and O–H groups in total. The molecule has 4 rings (SSSR count). The molecule has 0 spiro atoms. The van der Waals surface area contributed by atoms with Crippen LogP contribution in [0, 0.1) is 17.0 Å². The lowest BCUT2D eigenvalue weighted by atomic mass is 10.1. The molecule has 0 aliphatic carbocycles. The van der Waals surface area contributed by atoms with E-state index in [4.69, 9.17) is 4.74 Å². The van der Waals surface area contributed by atoms with E-state index < -0.39 is 4.92 Å². The molecule has 170 valence electrons. The number of piperazine rings is 1. The zero-order valence-corrected chi connectivity index (χ0v) is 18.6. The van der Waals surface area contributed by atoms with Crippen molar-refractivity contribution in [2.75, 3.05) is 26.2 Å². The van der Waals surface area contributed by atoms with Crippen molar-refractivity contribution in [2.24, 2.45) is 0 Å². The van der Waals surface area contributed by atoms with Crippen LogP contribution in [0.25, 0.3) is 0 Å². The Hall–Kier alpha value is -3.71. The van der Waals surface area contributed by atoms with E-state index in [9.17, 15) is 14.9 Å². The van der Waals surface area contributed by atoms with Crippen LogP contribution in [0.4, 0.5) is 5.69 Å². The van der Waals surface area contributed by atoms with Gasteiger partial charge in [0.05, 0.1) is 4.92 Å². The predicted octanol–water partition coefficient (Wildman–Crippen LogP) is 4.44. The van der Waals surface area contributed by atoms with Crippen LogP contribution in [-0.2, 0) is 13.2 Å². The SMILES string of the molecule is Cc1ccccc1CN1CCN(C(=O)c2cccc(COc3ccc([N+](=O)[O-])cc3)c2)CC1. The molecule has 1 aliphatic heterocycles. The van der Waals surface area contributed by atoms with Crippen molar-refractivity contribution >= 4 is 11.6 Å². The van der Waals surface area contributed by atoms with E-state index in [0.29, 0.717) is 24.4 Å². The first-order valence-electron chi connectivity index (χ1n) is 11.0. The number of non-ortho nitro benzene ring substituents is 1. The predicted molar refractivity (Wildman–Crippen MR) is 126 cm³/mol. The van der Waals surface area contributed by atoms with Gasteiger partial charge in [0.1, 0.15) is 12.4 Å². The number of hydrogen-bond acceptors (Lipinski definition) is 5. The summed E-state index contributed by atoms with van der Waals surface area (Å²) in [5, 5.41) is 10.8. The highest BCUT2D eigenvalue weighted by atomic mass is 16.6. The van der Waals surface area contributed by atoms with E-state index in [1.54, 1.807) is 12.1 Å². The molecule has 0 radical (unpaired) electrons. The van der Waals surface area contributed by atoms with Gasteiger partial charge < -0.3 is 9.64 Å². The molecule has 3 aromatic rings. The third-order valence-electron chi connectivity index (χ3n) is 5.94. The average Bonchev–Trinajstić information content (AvgIpc) is 2.84. The Morgan fingerprint density at radius 1 is 0.970 bits per heavy atom. The second kappa shape index (κ2) is 10.3. The molecule has 7 nitrogen and oxygen atoms in total. The van der Waals surface area contributed by atoms with Crippen LogP contribution < -0.4 is 4.74 Å². The minimum absolute atomic E-state index is 0.0222. The molecule has 0 aromatic heterocycles. The van der Waals surface area contributed by atoms with Crippen molar-refractivity contribution < 1.29 is 14.5 Å². The number of rotatable bonds is 7. The van der Waals surface area contributed by atoms with Crippen molar-refractivity contribution in [3.63, 3.8) is 0 Å². The standard InChI is InChI=1S/C26H27N3O4/c1-20-5-2-3-7-23(20)18-27-13-15-28(16-14-27)26(30)22-8-4-6-21(17-22)19-33-25-11-9-24(10-12-25)29(31)32/h2-12,17H,13-16,18-19H2,1H3. The fourth-order valence-corrected chi connectivity index (χ4v) is 3.94. The van der Waals surface area contributed by atoms with Crippen LogP contribution in [0.2, 0.25) is 0 Å². The van der Waals surface area contributed by atoms with Crippen LogP contribution >= 0.6 is 0 Å². The van der Waals surface area contributed by atoms with Crippen molar-refractivity contribution in [3.05, 3.63) is 105 Å². The van der Waals surface area contributed by atoms with Gasteiger partial charge in [0.2, 0.25) is 0 Å². The maximum atomic E-state index is 13.0. The number of ether oxygens (including phenoxy) is 1. The zero-order valence-electron chi connectivity index (χ0n) is 18.6. The Kier molecular flexibility index (Phi) is 7.00. The smallest absolute Gasteiger partial charge is 0.269 e. The maximum absolute atomic E-state index is 13.0. The first kappa shape index (κ1) is 22.5. The minimum atomic E-state index is -0.443. The van der Waals surface area contributed by atoms with E-state index in [0.717, 1.165) is 25.2 Å². The quantitative estimate of drug-likeness (QED) is 0.397. The van der Waals surface area contributed by atoms with E-state index >= 15 is 0 Å². The maximum Gasteiger partial charge on any atom is 0.269 e. The number of aryl methyl sites for hydroxylation is 1. The monoisotopic (exact) mass is 445 g/mol. The summed E-state index contributed by atoms with van der Waals surface area (Å²) in [7, 11) is 0. The number of benzene rings is 3. The highest BCUT2D eigenvalue weighted by Gasteiger charge is 2.22. The molecule has 0 atom stereocenters. The third kappa shape index (κ3) is 5.75. The number of amides is 1. The number of hydrogen-bond donors (Lipinski definition) is 0. The third-order valence-corrected chi connectivity index (χ3v) is 5.94. The Labute approximate surface area is 193 Å². The van der Waals surface area contributed by atoms with Gasteiger partial charge in [-0.3, -0.25) is 19.8 Å². The lowest BCUT2D eigenvalue weighted by molar-refractivity contribution is -0.384. The molecule has 1 fully saturated rings. The number of carbonyl (C=O) groups is 1. The molecular formula is C26H27N3O4. The fourth-order valence-electron chi connectivity index (χ4n) is 3.94. The molecule has 7 heteroatoms. The molecule has 1 saturated heterocycles. The fraction of sp³-hybridized carbons (Fsp3) is 0.269. The number of nitro benzene ring substituents is 1. The molecular weight excluding hydrogens is 418 g/mol. The second-order valence-electron chi connectivity index (χ2n) is 8.23. The topological polar surface area (TPSA) is 75.9 Å². The van der Waals surface area contributed by atoms with Gasteiger partial charge in [-0.25, -0.2) is 0 Å². The van der Waals surface area contributed by atoms with Crippen molar-refractivity contribution in [1.82, 2.24) is 9.80 Å². The molecule has 1 heterocycles. The summed E-state index contributed by atoms with van der Waals surface area (Å²) in [5.74, 6) is 0.574. The first-order chi connectivity index (χ1) is 16.0. The summed E-state index contributed by atoms with van der Waals surface area (Å²) in [6.45, 7) is 6.43. The molecule has 0 saturated carbocycles. The highest BCUT2D eigenvalue weighted by molar-refractivity contribution is 5.94. The Morgan fingerprint density at radius 3 is 2.39 bits per heavy atom. The number of carbonyl (C=O) groups excluding carboxylic acids is 1. The van der Waals surface area contributed by atoms with Gasteiger partial charge in [0.25, 0.3) is 11.6 Å². The highest BCUT2D eigenvalue weighted by Crippen LogP contribution is 2.19. The van der Waals surface area contributed by atoms with E-state index in [-0.39, 0.29) is 18.2 Å². The van der Waals surface area contributed by atoms with Gasteiger partial charge in [-0.1, -0.05) is 36.4 Å². The average molecular weight is 446 g/mol. The van der Waals surface area contributed by atoms with E-state index in [2.05, 4.69) is 36.1 Å². The van der Waals surface area contributed by atoms with Gasteiger partial charge in [-0.05, 0) is 47.9 Å². The molecule has 1 amide bonds. The number of nitrogens with zero attached hydrogens (tertiary/aromatic N) is 3. The molecule has 1 aliphatic rings. The van der Waals surface area contributed by atoms with Crippen LogP contribution in [0.15, 0.2) is 72.8 Å². The number of nitro groups is 1. The summed E-state index contributed by atoms with van der Waals surface area (Å²) in [4.78, 5) is 27.7. The summed E-state index contributed by atoms with van der Waals surface area (Å²) in [5.41, 5.74) is 4.17. The van der Waals surface area contributed by atoms with Gasteiger partial charge >= 0.3 is 0 Å². The van der Waals surface area contributed by atoms with Gasteiger partial charge in [-0.15, -0.1) is 0 Å². The normalized spacial score (nSPS) is 14.2. The second-order valence-corrected chi connectivity index (χ2v) is 8.23. The van der Waals surface area contributed by atoms with Crippen LogP contribution in [-0.4, -0.2) is 46.8 Å². The lowest BCUT2D eigenvalue weighted by Crippen LogP contribution is -2.48. The van der Waals surface area contributed by atoms with E-state index in [1.165, 1.54) is 23.3 Å². The largest absolute Gasteiger partial charge is 0.489 e. The van der Waals surface area contributed by atoms with Crippen LogP contribution in [0.3, 0.4) is 0 Å². The minimum Gasteiger partial charge on any atom is -0.489 e.